The Kier molecular flexibility index (Phi) is 4.27. The minimum atomic E-state index is 0.0329. The van der Waals surface area contributed by atoms with Crippen LogP contribution in [0, 0.1) is 6.92 Å². The van der Waals surface area contributed by atoms with Crippen molar-refractivity contribution in [3.05, 3.63) is 57.0 Å². The van der Waals surface area contributed by atoms with Gasteiger partial charge in [0.2, 0.25) is 0 Å². The summed E-state index contributed by atoms with van der Waals surface area (Å²) in [5.41, 5.74) is 1.88. The fraction of sp³-hybridized carbons (Fsp3) is 0.143. The van der Waals surface area contributed by atoms with Crippen molar-refractivity contribution in [2.45, 2.75) is 13.5 Å². The first-order valence-electron chi connectivity index (χ1n) is 5.43. The molecule has 94 valence electrons. The average molecular weight is 328 g/mol. The van der Waals surface area contributed by atoms with Crippen LogP contribution in [0.3, 0.4) is 0 Å². The summed E-state index contributed by atoms with van der Waals surface area (Å²) in [6.07, 6.45) is 0. The minimum absolute atomic E-state index is 0.0329. The molecule has 0 amide bonds. The fourth-order valence-corrected chi connectivity index (χ4v) is 2.31. The number of benzene rings is 2. The third kappa shape index (κ3) is 3.05. The first-order valence-corrected chi connectivity index (χ1v) is 6.60. The molecular formula is C14H12BrClO2. The molecule has 0 fully saturated rings. The van der Waals surface area contributed by atoms with Gasteiger partial charge in [0.25, 0.3) is 0 Å². The van der Waals surface area contributed by atoms with Gasteiger partial charge >= 0.3 is 0 Å². The van der Waals surface area contributed by atoms with Crippen molar-refractivity contribution in [1.82, 2.24) is 0 Å². The van der Waals surface area contributed by atoms with Crippen LogP contribution in [0.5, 0.6) is 11.5 Å². The van der Waals surface area contributed by atoms with E-state index in [4.69, 9.17) is 21.4 Å². The normalized spacial score (nSPS) is 10.4. The van der Waals surface area contributed by atoms with E-state index < -0.39 is 0 Å². The van der Waals surface area contributed by atoms with Gasteiger partial charge in [0.05, 0.1) is 11.6 Å². The molecule has 4 heteroatoms. The zero-order valence-electron chi connectivity index (χ0n) is 9.78. The number of ether oxygens (including phenoxy) is 1. The molecule has 0 saturated carbocycles. The summed E-state index contributed by atoms with van der Waals surface area (Å²) in [5.74, 6) is 1.31. The van der Waals surface area contributed by atoms with Crippen molar-refractivity contribution >= 4 is 27.5 Å². The molecule has 0 saturated heterocycles. The zero-order chi connectivity index (χ0) is 13.1. The lowest BCUT2D eigenvalue weighted by atomic mass is 10.1. The van der Waals surface area contributed by atoms with Gasteiger partial charge in [0, 0.05) is 4.47 Å². The predicted octanol–water partition coefficient (Wildman–Crippen LogP) is 4.70. The summed E-state index contributed by atoms with van der Waals surface area (Å²) in [6, 6.07) is 11.0. The molecule has 18 heavy (non-hydrogen) atoms. The first kappa shape index (κ1) is 13.4. The number of rotatable bonds is 3. The summed E-state index contributed by atoms with van der Waals surface area (Å²) in [4.78, 5) is 0. The van der Waals surface area contributed by atoms with Crippen molar-refractivity contribution in [1.29, 1.82) is 0 Å². The number of hydrogen-bond acceptors (Lipinski definition) is 2. The molecule has 0 atom stereocenters. The van der Waals surface area contributed by atoms with Crippen LogP contribution in [-0.2, 0) is 6.61 Å². The standard InChI is InChI=1S/C14H12BrClO2/c1-9-6-12(4-2-10(9)8-17)18-14-5-3-11(15)7-13(14)16/h2-7,17H,8H2,1H3. The van der Waals surface area contributed by atoms with Crippen molar-refractivity contribution in [2.24, 2.45) is 0 Å². The smallest absolute Gasteiger partial charge is 0.146 e. The largest absolute Gasteiger partial charge is 0.456 e. The van der Waals surface area contributed by atoms with Crippen LogP contribution >= 0.6 is 27.5 Å². The molecule has 2 aromatic rings. The number of hydrogen-bond donors (Lipinski definition) is 1. The first-order chi connectivity index (χ1) is 8.60. The third-order valence-electron chi connectivity index (χ3n) is 2.61. The summed E-state index contributed by atoms with van der Waals surface area (Å²) in [7, 11) is 0. The predicted molar refractivity (Wildman–Crippen MR) is 76.3 cm³/mol. The van der Waals surface area contributed by atoms with E-state index in [-0.39, 0.29) is 6.61 Å². The highest BCUT2D eigenvalue weighted by atomic mass is 79.9. The second-order valence-electron chi connectivity index (χ2n) is 3.92. The summed E-state index contributed by atoms with van der Waals surface area (Å²) >= 11 is 9.43. The fourth-order valence-electron chi connectivity index (χ4n) is 1.59. The molecule has 0 radical (unpaired) electrons. The Morgan fingerprint density at radius 3 is 2.61 bits per heavy atom. The van der Waals surface area contributed by atoms with Crippen LogP contribution in [0.15, 0.2) is 40.9 Å². The molecule has 0 aliphatic rings. The molecular weight excluding hydrogens is 316 g/mol. The molecule has 0 aliphatic carbocycles. The van der Waals surface area contributed by atoms with Crippen molar-refractivity contribution in [3.8, 4) is 11.5 Å². The molecule has 0 aliphatic heterocycles. The Bertz CT molecular complexity index is 570. The Balaban J connectivity index is 2.26. The van der Waals surface area contributed by atoms with E-state index in [0.29, 0.717) is 16.5 Å². The van der Waals surface area contributed by atoms with Crippen molar-refractivity contribution in [2.75, 3.05) is 0 Å². The maximum absolute atomic E-state index is 9.11. The van der Waals surface area contributed by atoms with Gasteiger partial charge in [-0.25, -0.2) is 0 Å². The monoisotopic (exact) mass is 326 g/mol. The Morgan fingerprint density at radius 1 is 1.22 bits per heavy atom. The van der Waals surface area contributed by atoms with Crippen LogP contribution in [0.2, 0.25) is 5.02 Å². The van der Waals surface area contributed by atoms with Crippen LogP contribution in [0.1, 0.15) is 11.1 Å². The number of aliphatic hydroxyl groups is 1. The van der Waals surface area contributed by atoms with E-state index in [1.165, 1.54) is 0 Å². The van der Waals surface area contributed by atoms with Crippen LogP contribution < -0.4 is 4.74 Å². The van der Waals surface area contributed by atoms with Gasteiger partial charge in [-0.1, -0.05) is 33.6 Å². The Labute approximate surface area is 119 Å². The third-order valence-corrected chi connectivity index (χ3v) is 3.39. The summed E-state index contributed by atoms with van der Waals surface area (Å²) in [5, 5.41) is 9.66. The Hall–Kier alpha value is -1.03. The van der Waals surface area contributed by atoms with Gasteiger partial charge in [0.15, 0.2) is 0 Å². The molecule has 1 N–H and O–H groups in total. The lowest BCUT2D eigenvalue weighted by Gasteiger charge is -2.10. The maximum atomic E-state index is 9.11. The molecule has 0 spiro atoms. The second kappa shape index (κ2) is 5.74. The minimum Gasteiger partial charge on any atom is -0.456 e. The lowest BCUT2D eigenvalue weighted by Crippen LogP contribution is -1.91. The van der Waals surface area contributed by atoms with Crippen molar-refractivity contribution in [3.63, 3.8) is 0 Å². The van der Waals surface area contributed by atoms with Gasteiger partial charge in [0.1, 0.15) is 11.5 Å². The SMILES string of the molecule is Cc1cc(Oc2ccc(Br)cc2Cl)ccc1CO. The van der Waals surface area contributed by atoms with Gasteiger partial charge < -0.3 is 9.84 Å². The summed E-state index contributed by atoms with van der Waals surface area (Å²) in [6.45, 7) is 1.97. The van der Waals surface area contributed by atoms with Gasteiger partial charge in [-0.3, -0.25) is 0 Å². The van der Waals surface area contributed by atoms with E-state index in [1.54, 1.807) is 6.07 Å². The van der Waals surface area contributed by atoms with Crippen LogP contribution in [-0.4, -0.2) is 5.11 Å². The molecule has 0 unspecified atom stereocenters. The van der Waals surface area contributed by atoms with Crippen molar-refractivity contribution < 1.29 is 9.84 Å². The summed E-state index contributed by atoms with van der Waals surface area (Å²) < 4.78 is 6.62. The number of halogens is 2. The number of aliphatic hydroxyl groups excluding tert-OH is 1. The highest BCUT2D eigenvalue weighted by molar-refractivity contribution is 9.10. The average Bonchev–Trinajstić information content (AvgIpc) is 2.33. The van der Waals surface area contributed by atoms with Gasteiger partial charge in [-0.2, -0.15) is 0 Å². The molecule has 2 nitrogen and oxygen atoms in total. The van der Waals surface area contributed by atoms with E-state index in [9.17, 15) is 0 Å². The molecule has 0 bridgehead atoms. The zero-order valence-corrected chi connectivity index (χ0v) is 12.1. The lowest BCUT2D eigenvalue weighted by molar-refractivity contribution is 0.281. The molecule has 2 aromatic carbocycles. The highest BCUT2D eigenvalue weighted by Crippen LogP contribution is 2.32. The topological polar surface area (TPSA) is 29.5 Å². The van der Waals surface area contributed by atoms with E-state index >= 15 is 0 Å². The van der Waals surface area contributed by atoms with Crippen LogP contribution in [0.4, 0.5) is 0 Å². The van der Waals surface area contributed by atoms with Gasteiger partial charge in [-0.05, 0) is 48.4 Å². The molecule has 0 aromatic heterocycles. The quantitative estimate of drug-likeness (QED) is 0.885. The highest BCUT2D eigenvalue weighted by Gasteiger charge is 2.05. The molecule has 0 heterocycles. The van der Waals surface area contributed by atoms with Crippen LogP contribution in [0.25, 0.3) is 0 Å². The maximum Gasteiger partial charge on any atom is 0.146 e. The van der Waals surface area contributed by atoms with E-state index in [0.717, 1.165) is 15.6 Å². The number of aryl methyl sites for hydroxylation is 1. The van der Waals surface area contributed by atoms with E-state index in [2.05, 4.69) is 15.9 Å². The van der Waals surface area contributed by atoms with Gasteiger partial charge in [-0.15, -0.1) is 0 Å². The Morgan fingerprint density at radius 2 is 2.00 bits per heavy atom. The molecule has 2 rings (SSSR count). The van der Waals surface area contributed by atoms with E-state index in [1.807, 2.05) is 37.3 Å². The second-order valence-corrected chi connectivity index (χ2v) is 5.25.